The van der Waals surface area contributed by atoms with Crippen molar-refractivity contribution in [3.8, 4) is 0 Å². The van der Waals surface area contributed by atoms with Gasteiger partial charge in [0.05, 0.1) is 0 Å². The summed E-state index contributed by atoms with van der Waals surface area (Å²) in [7, 11) is -0.168. The van der Waals surface area contributed by atoms with Crippen LogP contribution in [0, 0.1) is 0 Å². The van der Waals surface area contributed by atoms with E-state index in [9.17, 15) is 14.7 Å². The van der Waals surface area contributed by atoms with Crippen LogP contribution >= 0.6 is 7.94 Å². The van der Waals surface area contributed by atoms with E-state index < -0.39 is 13.5 Å². The predicted octanol–water partition coefficient (Wildman–Crippen LogP) is 6.72. The van der Waals surface area contributed by atoms with Gasteiger partial charge >= 0.3 is 7.94 Å². The summed E-state index contributed by atoms with van der Waals surface area (Å²) in [5.74, 6) is 0.928. The quantitative estimate of drug-likeness (QED) is 0.353. The Hall–Kier alpha value is -1.29. The maximum Gasteiger partial charge on any atom is 0.406 e. The number of rotatable bonds is 9. The van der Waals surface area contributed by atoms with E-state index in [1.807, 2.05) is 14.1 Å². The van der Waals surface area contributed by atoms with Gasteiger partial charge in [-0.25, -0.2) is 0 Å². The van der Waals surface area contributed by atoms with E-state index in [2.05, 4.69) is 96.7 Å². The molecule has 0 aliphatic carbocycles. The zero-order valence-corrected chi connectivity index (χ0v) is 23.1. The first-order valence-corrected chi connectivity index (χ1v) is 14.0. The van der Waals surface area contributed by atoms with Gasteiger partial charge in [-0.2, -0.15) is 14.7 Å². The number of hydrogen-bond donors (Lipinski definition) is 3. The molecule has 0 aromatic heterocycles. The van der Waals surface area contributed by atoms with Gasteiger partial charge in [0.15, 0.2) is 6.16 Å². The lowest BCUT2D eigenvalue weighted by molar-refractivity contribution is 0.198. The van der Waals surface area contributed by atoms with Crippen LogP contribution in [-0.2, 0) is 5.54 Å². The zero-order chi connectivity index (χ0) is 25.3. The minimum Gasteiger partial charge on any atom is -0.293 e. The molecule has 0 saturated heterocycles. The van der Waals surface area contributed by atoms with Gasteiger partial charge in [0.1, 0.15) is 5.54 Å². The van der Waals surface area contributed by atoms with Crippen LogP contribution in [0.3, 0.4) is 0 Å². The average molecular weight is 475 g/mol. The average Bonchev–Trinajstić information content (AvgIpc) is 2.69. The van der Waals surface area contributed by atoms with E-state index in [4.69, 9.17) is 0 Å². The lowest BCUT2D eigenvalue weighted by atomic mass is 9.69. The third-order valence-corrected chi connectivity index (χ3v) is 7.66. The van der Waals surface area contributed by atoms with E-state index in [0.29, 0.717) is 0 Å². The third-order valence-electron chi connectivity index (χ3n) is 6.78. The minimum absolute atomic E-state index is 0.153. The molecule has 0 radical (unpaired) electrons. The van der Waals surface area contributed by atoms with E-state index in [1.165, 1.54) is 22.3 Å². The smallest absolute Gasteiger partial charge is 0.293 e. The molecule has 0 bridgehead atoms. The SMILES string of the molecule is CC(C)c1cccc(C(C)C)c1C(C[P+](O)(O)O)(c1c(C(C)C)cccc1C(C)C)N(C)C. The summed E-state index contributed by atoms with van der Waals surface area (Å²) in [5, 5.41) is 0. The van der Waals surface area contributed by atoms with Crippen LogP contribution in [0.5, 0.6) is 0 Å². The third kappa shape index (κ3) is 5.69. The second-order valence-electron chi connectivity index (χ2n) is 10.8. The predicted molar refractivity (Wildman–Crippen MR) is 142 cm³/mol. The first-order chi connectivity index (χ1) is 15.1. The van der Waals surface area contributed by atoms with Crippen molar-refractivity contribution in [2.24, 2.45) is 0 Å². The Morgan fingerprint density at radius 2 is 0.909 bits per heavy atom. The van der Waals surface area contributed by atoms with Crippen molar-refractivity contribution >= 4 is 7.94 Å². The van der Waals surface area contributed by atoms with Gasteiger partial charge in [0, 0.05) is 0 Å². The summed E-state index contributed by atoms with van der Waals surface area (Å²) in [4.78, 5) is 34.0. The fraction of sp³-hybridized carbons (Fsp3) is 0.571. The van der Waals surface area contributed by atoms with Crippen molar-refractivity contribution in [2.75, 3.05) is 20.3 Å². The molecule has 0 fully saturated rings. The molecule has 184 valence electrons. The topological polar surface area (TPSA) is 63.9 Å². The molecule has 0 heterocycles. The minimum atomic E-state index is -4.16. The van der Waals surface area contributed by atoms with Crippen LogP contribution in [0.4, 0.5) is 0 Å². The lowest BCUT2D eigenvalue weighted by Gasteiger charge is -2.46. The van der Waals surface area contributed by atoms with Crippen LogP contribution in [0.25, 0.3) is 0 Å². The Morgan fingerprint density at radius 1 is 0.636 bits per heavy atom. The van der Waals surface area contributed by atoms with Crippen LogP contribution in [-0.4, -0.2) is 39.8 Å². The van der Waals surface area contributed by atoms with Gasteiger partial charge < -0.3 is 0 Å². The van der Waals surface area contributed by atoms with Crippen molar-refractivity contribution in [1.29, 1.82) is 0 Å². The highest BCUT2D eigenvalue weighted by molar-refractivity contribution is 7.58. The summed E-state index contributed by atoms with van der Waals surface area (Å²) in [5.41, 5.74) is 5.99. The molecule has 0 spiro atoms. The summed E-state index contributed by atoms with van der Waals surface area (Å²) < 4.78 is 0. The first kappa shape index (κ1) is 28.0. The molecule has 0 unspecified atom stereocenters. The molecule has 2 aromatic carbocycles. The van der Waals surface area contributed by atoms with Gasteiger partial charge in [0.25, 0.3) is 0 Å². The Kier molecular flexibility index (Phi) is 8.93. The van der Waals surface area contributed by atoms with Crippen molar-refractivity contribution < 1.29 is 14.7 Å². The van der Waals surface area contributed by atoms with E-state index in [0.717, 1.165) is 11.1 Å². The Balaban J connectivity index is 3.26. The van der Waals surface area contributed by atoms with Crippen LogP contribution in [0.1, 0.15) is 112 Å². The van der Waals surface area contributed by atoms with Gasteiger partial charge in [-0.1, -0.05) is 91.8 Å². The number of hydrogen-bond acceptors (Lipinski definition) is 4. The van der Waals surface area contributed by atoms with Crippen molar-refractivity contribution in [3.05, 3.63) is 69.8 Å². The van der Waals surface area contributed by atoms with Gasteiger partial charge in [0.2, 0.25) is 0 Å². The van der Waals surface area contributed by atoms with Crippen LogP contribution in [0.15, 0.2) is 36.4 Å². The highest BCUT2D eigenvalue weighted by atomic mass is 31.2. The summed E-state index contributed by atoms with van der Waals surface area (Å²) >= 11 is 0. The highest BCUT2D eigenvalue weighted by Gasteiger charge is 2.53. The van der Waals surface area contributed by atoms with E-state index in [-0.39, 0.29) is 29.8 Å². The molecule has 0 aliphatic heterocycles. The molecule has 0 aliphatic rings. The van der Waals surface area contributed by atoms with Crippen LogP contribution in [0.2, 0.25) is 0 Å². The standard InChI is InChI=1S/C28H45NO3P/c1-18(2)22-13-11-14-23(19(3)4)26(22)28(29(9)10,17-33(30,31)32)27-24(20(5)6)15-12-16-25(27)21(7)8/h11-16,18-21,30-32H,17H2,1-10H3/q+1. The molecular weight excluding hydrogens is 429 g/mol. The maximum absolute atomic E-state index is 10.6. The molecule has 3 N–H and O–H groups in total. The van der Waals surface area contributed by atoms with Crippen molar-refractivity contribution in [1.82, 2.24) is 4.90 Å². The normalized spacial score (nSPS) is 13.3. The molecule has 4 nitrogen and oxygen atoms in total. The molecule has 33 heavy (non-hydrogen) atoms. The summed E-state index contributed by atoms with van der Waals surface area (Å²) in [6, 6.07) is 12.8. The number of nitrogens with zero attached hydrogens (tertiary/aromatic N) is 1. The van der Waals surface area contributed by atoms with Crippen LogP contribution < -0.4 is 0 Å². The first-order valence-electron chi connectivity index (χ1n) is 12.1. The van der Waals surface area contributed by atoms with Gasteiger partial charge in [-0.05, 0) is 71.1 Å². The molecule has 0 amide bonds. The maximum atomic E-state index is 10.6. The van der Waals surface area contributed by atoms with Crippen molar-refractivity contribution in [2.45, 2.75) is 84.6 Å². The molecule has 2 aromatic rings. The highest BCUT2D eigenvalue weighted by Crippen LogP contribution is 2.57. The Morgan fingerprint density at radius 3 is 1.09 bits per heavy atom. The molecular formula is C28H45NO3P+. The summed E-state index contributed by atoms with van der Waals surface area (Å²) in [6.45, 7) is 17.4. The monoisotopic (exact) mass is 474 g/mol. The zero-order valence-electron chi connectivity index (χ0n) is 22.2. The summed E-state index contributed by atoms with van der Waals surface area (Å²) in [6.07, 6.45) is -0.153. The largest absolute Gasteiger partial charge is 0.406 e. The second kappa shape index (κ2) is 10.5. The van der Waals surface area contributed by atoms with Crippen molar-refractivity contribution in [3.63, 3.8) is 0 Å². The molecule has 0 saturated carbocycles. The molecule has 0 atom stereocenters. The fourth-order valence-electron chi connectivity index (χ4n) is 5.24. The Labute approximate surface area is 202 Å². The number of benzene rings is 2. The van der Waals surface area contributed by atoms with E-state index >= 15 is 0 Å². The van der Waals surface area contributed by atoms with Gasteiger partial charge in [-0.15, -0.1) is 0 Å². The van der Waals surface area contributed by atoms with E-state index in [1.54, 1.807) is 0 Å². The molecule has 2 rings (SSSR count). The second-order valence-corrected chi connectivity index (χ2v) is 12.5. The van der Waals surface area contributed by atoms with Gasteiger partial charge in [-0.3, -0.25) is 4.90 Å². The lowest BCUT2D eigenvalue weighted by Crippen LogP contribution is -2.49. The fourth-order valence-corrected chi connectivity index (χ4v) is 6.45. The molecule has 5 heteroatoms. The Bertz CT molecular complexity index is 827.